The summed E-state index contributed by atoms with van der Waals surface area (Å²) < 4.78 is 6.14. The van der Waals surface area contributed by atoms with E-state index >= 15 is 0 Å². The van der Waals surface area contributed by atoms with Gasteiger partial charge in [0.2, 0.25) is 5.28 Å². The summed E-state index contributed by atoms with van der Waals surface area (Å²) >= 11 is 7.90. The minimum absolute atomic E-state index is 0.147. The summed E-state index contributed by atoms with van der Waals surface area (Å²) in [5.41, 5.74) is -0.551. The van der Waals surface area contributed by atoms with Gasteiger partial charge in [0.15, 0.2) is 0 Å². The molecule has 2 atom stereocenters. The molecule has 1 aliphatic rings. The molecule has 128 valence electrons. The normalized spacial score (nSPS) is 21.9. The van der Waals surface area contributed by atoms with Crippen molar-refractivity contribution in [2.45, 2.75) is 44.9 Å². The van der Waals surface area contributed by atoms with E-state index in [1.54, 1.807) is 6.20 Å². The van der Waals surface area contributed by atoms with Crippen LogP contribution in [0.15, 0.2) is 6.20 Å². The van der Waals surface area contributed by atoms with Crippen LogP contribution in [0, 0.1) is 3.57 Å². The zero-order valence-electron chi connectivity index (χ0n) is 13.2. The zero-order valence-corrected chi connectivity index (χ0v) is 16.1. The lowest BCUT2D eigenvalue weighted by molar-refractivity contribution is 0.00116. The number of nitrogens with zero attached hydrogens (tertiary/aromatic N) is 3. The van der Waals surface area contributed by atoms with Crippen molar-refractivity contribution in [2.75, 3.05) is 18.4 Å². The summed E-state index contributed by atoms with van der Waals surface area (Å²) in [6, 6.07) is -0.215. The number of rotatable bonds is 2. The molecule has 1 amide bonds. The largest absolute Gasteiger partial charge is 0.444 e. The maximum absolute atomic E-state index is 12.1. The van der Waals surface area contributed by atoms with E-state index in [4.69, 9.17) is 16.3 Å². The minimum atomic E-state index is -0.721. The van der Waals surface area contributed by atoms with Crippen LogP contribution in [0.1, 0.15) is 27.2 Å². The van der Waals surface area contributed by atoms with E-state index in [-0.39, 0.29) is 17.9 Å². The molecule has 0 saturated carbocycles. The lowest BCUT2D eigenvalue weighted by Gasteiger charge is -2.37. The molecule has 0 aromatic carbocycles. The monoisotopic (exact) mass is 454 g/mol. The van der Waals surface area contributed by atoms with Crippen molar-refractivity contribution in [1.29, 1.82) is 0 Å². The molecule has 2 heterocycles. The molecule has 7 nitrogen and oxygen atoms in total. The third-order valence-corrected chi connectivity index (χ3v) is 4.24. The summed E-state index contributed by atoms with van der Waals surface area (Å²) in [6.07, 6.45) is 1.06. The van der Waals surface area contributed by atoms with Gasteiger partial charge in [-0.15, -0.1) is 0 Å². The standard InChI is InChI=1S/C14H20ClIN4O3/c1-14(2,3)23-13(22)20-5-4-9(10(21)7-20)18-11-8(16)6-17-12(15)19-11/h6,9-10,21H,4-5,7H2,1-3H3,(H,17,18,19)/t9-,10+/m0/s1. The second-order valence-electron chi connectivity index (χ2n) is 6.37. The number of carbonyl (C=O) groups is 1. The summed E-state index contributed by atoms with van der Waals surface area (Å²) in [4.78, 5) is 21.6. The first-order valence-electron chi connectivity index (χ1n) is 7.26. The number of β-amino-alcohol motifs (C(OH)–C–C–N with tert-alkyl or cyclic N) is 1. The van der Waals surface area contributed by atoms with Gasteiger partial charge in [-0.05, 0) is 61.4 Å². The highest BCUT2D eigenvalue weighted by atomic mass is 127. The van der Waals surface area contributed by atoms with Crippen LogP contribution < -0.4 is 5.32 Å². The topological polar surface area (TPSA) is 87.6 Å². The molecule has 9 heteroatoms. The van der Waals surface area contributed by atoms with Gasteiger partial charge in [-0.25, -0.2) is 9.78 Å². The Balaban J connectivity index is 1.96. The summed E-state index contributed by atoms with van der Waals surface area (Å²) in [6.45, 7) is 6.16. The van der Waals surface area contributed by atoms with Gasteiger partial charge in [0.25, 0.3) is 0 Å². The molecule has 0 aliphatic carbocycles. The second-order valence-corrected chi connectivity index (χ2v) is 7.87. The number of anilines is 1. The van der Waals surface area contributed by atoms with Crippen LogP contribution in [0.25, 0.3) is 0 Å². The Morgan fingerprint density at radius 3 is 2.87 bits per heavy atom. The summed E-state index contributed by atoms with van der Waals surface area (Å²) in [5, 5.41) is 13.6. The Bertz CT molecular complexity index is 582. The van der Waals surface area contributed by atoms with Crippen LogP contribution in [0.3, 0.4) is 0 Å². The zero-order chi connectivity index (χ0) is 17.2. The highest BCUT2D eigenvalue weighted by molar-refractivity contribution is 14.1. The van der Waals surface area contributed by atoms with Crippen LogP contribution >= 0.6 is 34.2 Å². The number of ether oxygens (including phenoxy) is 1. The Morgan fingerprint density at radius 1 is 1.57 bits per heavy atom. The Kier molecular flexibility index (Phi) is 5.90. The highest BCUT2D eigenvalue weighted by Gasteiger charge is 2.32. The molecule has 1 fully saturated rings. The first kappa shape index (κ1) is 18.5. The van der Waals surface area contributed by atoms with Crippen molar-refractivity contribution in [3.05, 3.63) is 15.1 Å². The van der Waals surface area contributed by atoms with Crippen molar-refractivity contribution >= 4 is 46.1 Å². The summed E-state index contributed by atoms with van der Waals surface area (Å²) in [7, 11) is 0. The van der Waals surface area contributed by atoms with Crippen LogP contribution in [0.5, 0.6) is 0 Å². The fourth-order valence-corrected chi connectivity index (χ4v) is 2.76. The fourth-order valence-electron chi connectivity index (χ4n) is 2.21. The number of aromatic nitrogens is 2. The van der Waals surface area contributed by atoms with Crippen molar-refractivity contribution in [3.8, 4) is 0 Å². The van der Waals surface area contributed by atoms with Crippen molar-refractivity contribution in [1.82, 2.24) is 14.9 Å². The maximum Gasteiger partial charge on any atom is 0.410 e. The van der Waals surface area contributed by atoms with Gasteiger partial charge in [-0.2, -0.15) is 4.98 Å². The molecule has 1 saturated heterocycles. The highest BCUT2D eigenvalue weighted by Crippen LogP contribution is 2.22. The predicted molar refractivity (Wildman–Crippen MR) is 95.6 cm³/mol. The van der Waals surface area contributed by atoms with E-state index in [9.17, 15) is 9.90 Å². The van der Waals surface area contributed by atoms with E-state index in [0.29, 0.717) is 18.8 Å². The van der Waals surface area contributed by atoms with Gasteiger partial charge in [0.1, 0.15) is 11.4 Å². The van der Waals surface area contributed by atoms with Gasteiger partial charge in [0, 0.05) is 12.7 Å². The molecule has 1 aromatic rings. The molecule has 0 spiro atoms. The fraction of sp³-hybridized carbons (Fsp3) is 0.643. The van der Waals surface area contributed by atoms with Crippen molar-refractivity contribution < 1.29 is 14.6 Å². The Morgan fingerprint density at radius 2 is 2.26 bits per heavy atom. The van der Waals surface area contributed by atoms with Crippen molar-refractivity contribution in [3.63, 3.8) is 0 Å². The lowest BCUT2D eigenvalue weighted by atomic mass is 10.0. The number of piperidine rings is 1. The average Bonchev–Trinajstić information content (AvgIpc) is 2.43. The quantitative estimate of drug-likeness (QED) is 0.527. The van der Waals surface area contributed by atoms with Gasteiger partial charge >= 0.3 is 6.09 Å². The molecular weight excluding hydrogens is 435 g/mol. The molecule has 1 aliphatic heterocycles. The maximum atomic E-state index is 12.1. The second kappa shape index (κ2) is 7.35. The van der Waals surface area contributed by atoms with E-state index in [0.717, 1.165) is 3.57 Å². The lowest BCUT2D eigenvalue weighted by Crippen LogP contribution is -2.52. The number of aliphatic hydroxyl groups excluding tert-OH is 1. The smallest absolute Gasteiger partial charge is 0.410 e. The van der Waals surface area contributed by atoms with E-state index in [1.165, 1.54) is 4.90 Å². The molecule has 0 bridgehead atoms. The van der Waals surface area contributed by atoms with Gasteiger partial charge in [0.05, 0.1) is 22.3 Å². The van der Waals surface area contributed by atoms with Crippen LogP contribution in [-0.4, -0.2) is 56.9 Å². The number of halogens is 2. The van der Waals surface area contributed by atoms with E-state index in [2.05, 4.69) is 37.9 Å². The van der Waals surface area contributed by atoms with Crippen LogP contribution in [0.2, 0.25) is 5.28 Å². The average molecular weight is 455 g/mol. The van der Waals surface area contributed by atoms with E-state index in [1.807, 2.05) is 20.8 Å². The molecular formula is C14H20ClIN4O3. The number of carbonyl (C=O) groups excluding carboxylic acids is 1. The van der Waals surface area contributed by atoms with Gasteiger partial charge < -0.3 is 20.1 Å². The number of likely N-dealkylation sites (tertiary alicyclic amines) is 1. The Labute approximate surface area is 153 Å². The van der Waals surface area contributed by atoms with Gasteiger partial charge in [-0.3, -0.25) is 0 Å². The number of nitrogens with one attached hydrogen (secondary N) is 1. The SMILES string of the molecule is CC(C)(C)OC(=O)N1CC[C@H](Nc2nc(Cl)ncc2I)[C@H](O)C1. The third-order valence-electron chi connectivity index (χ3n) is 3.27. The Hall–Kier alpha value is -0.870. The number of aliphatic hydroxyl groups is 1. The molecule has 0 radical (unpaired) electrons. The first-order valence-corrected chi connectivity index (χ1v) is 8.72. The summed E-state index contributed by atoms with van der Waals surface area (Å²) in [5.74, 6) is 0.584. The number of amides is 1. The van der Waals surface area contributed by atoms with E-state index < -0.39 is 17.8 Å². The number of hydrogen-bond donors (Lipinski definition) is 2. The first-order chi connectivity index (χ1) is 10.7. The minimum Gasteiger partial charge on any atom is -0.444 e. The third kappa shape index (κ3) is 5.32. The number of hydrogen-bond acceptors (Lipinski definition) is 6. The molecule has 2 N–H and O–H groups in total. The van der Waals surface area contributed by atoms with Crippen molar-refractivity contribution in [2.24, 2.45) is 0 Å². The molecule has 0 unspecified atom stereocenters. The molecule has 23 heavy (non-hydrogen) atoms. The van der Waals surface area contributed by atoms with Crippen LogP contribution in [-0.2, 0) is 4.74 Å². The van der Waals surface area contributed by atoms with Crippen LogP contribution in [0.4, 0.5) is 10.6 Å². The molecule has 2 rings (SSSR count). The predicted octanol–water partition coefficient (Wildman–Crippen LogP) is 2.52. The molecule has 1 aromatic heterocycles. The van der Waals surface area contributed by atoms with Gasteiger partial charge in [-0.1, -0.05) is 0 Å².